The van der Waals surface area contributed by atoms with E-state index >= 15 is 0 Å². The van der Waals surface area contributed by atoms with Crippen LogP contribution in [0.25, 0.3) is 0 Å². The number of aromatic hydroxyl groups is 1. The number of benzene rings is 1. The van der Waals surface area contributed by atoms with Crippen LogP contribution in [-0.2, 0) is 0 Å². The smallest absolute Gasteiger partial charge is 0.115 e. The minimum Gasteiger partial charge on any atom is -0.508 e. The van der Waals surface area contributed by atoms with Crippen molar-refractivity contribution in [3.63, 3.8) is 0 Å². The summed E-state index contributed by atoms with van der Waals surface area (Å²) < 4.78 is 0. The molecule has 3 nitrogen and oxygen atoms in total. The Morgan fingerprint density at radius 1 is 1.00 bits per heavy atom. The number of phenolic OH excluding ortho intramolecular Hbond substituents is 1. The Labute approximate surface area is 109 Å². The molecular weight excluding hydrogens is 226 g/mol. The number of nitrogens with zero attached hydrogens (tertiary/aromatic N) is 1. The summed E-state index contributed by atoms with van der Waals surface area (Å²) in [6.45, 7) is 3.38. The molecule has 1 unspecified atom stereocenters. The van der Waals surface area contributed by atoms with Crippen molar-refractivity contribution in [2.45, 2.75) is 31.6 Å². The lowest BCUT2D eigenvalue weighted by Crippen LogP contribution is -2.30. The van der Waals surface area contributed by atoms with Crippen LogP contribution in [0.5, 0.6) is 5.75 Å². The van der Waals surface area contributed by atoms with E-state index in [2.05, 4.69) is 4.90 Å². The maximum absolute atomic E-state index is 9.56. The highest BCUT2D eigenvalue weighted by Gasteiger charge is 2.16. The molecular formula is C15H23NO2. The molecule has 0 spiro atoms. The van der Waals surface area contributed by atoms with Crippen LogP contribution in [0.2, 0.25) is 0 Å². The van der Waals surface area contributed by atoms with E-state index in [1.807, 2.05) is 12.1 Å². The van der Waals surface area contributed by atoms with Gasteiger partial charge in [0, 0.05) is 12.5 Å². The molecule has 2 N–H and O–H groups in total. The van der Waals surface area contributed by atoms with Crippen LogP contribution in [-0.4, -0.2) is 41.4 Å². The number of hydrogen-bond donors (Lipinski definition) is 2. The van der Waals surface area contributed by atoms with Crippen molar-refractivity contribution in [3.8, 4) is 5.75 Å². The molecule has 0 radical (unpaired) electrons. The molecule has 1 aliphatic heterocycles. The van der Waals surface area contributed by atoms with Gasteiger partial charge in [-0.05, 0) is 43.6 Å². The molecule has 1 aromatic rings. The van der Waals surface area contributed by atoms with Gasteiger partial charge in [0.25, 0.3) is 0 Å². The topological polar surface area (TPSA) is 43.7 Å². The van der Waals surface area contributed by atoms with E-state index in [0.29, 0.717) is 0 Å². The van der Waals surface area contributed by atoms with E-state index in [4.69, 9.17) is 0 Å². The molecule has 0 aliphatic carbocycles. The van der Waals surface area contributed by atoms with Gasteiger partial charge >= 0.3 is 0 Å². The summed E-state index contributed by atoms with van der Waals surface area (Å²) in [6, 6.07) is 7.21. The summed E-state index contributed by atoms with van der Waals surface area (Å²) in [5.41, 5.74) is 1.11. The summed E-state index contributed by atoms with van der Waals surface area (Å²) in [6.07, 6.45) is 5.21. The van der Waals surface area contributed by atoms with E-state index in [1.54, 1.807) is 12.1 Å². The number of likely N-dealkylation sites (tertiary alicyclic amines) is 1. The minimum absolute atomic E-state index is 0.156. The van der Waals surface area contributed by atoms with Gasteiger partial charge in [-0.2, -0.15) is 0 Å². The summed E-state index contributed by atoms with van der Waals surface area (Å²) in [4.78, 5) is 2.46. The molecule has 1 atom stereocenters. The normalized spacial score (nSPS) is 19.4. The summed E-state index contributed by atoms with van der Waals surface area (Å²) >= 11 is 0. The van der Waals surface area contributed by atoms with E-state index in [9.17, 15) is 10.2 Å². The highest BCUT2D eigenvalue weighted by atomic mass is 16.3. The number of aliphatic hydroxyl groups is 1. The molecule has 1 aromatic carbocycles. The van der Waals surface area contributed by atoms with Crippen LogP contribution in [0, 0.1) is 0 Å². The fraction of sp³-hybridized carbons (Fsp3) is 0.600. The fourth-order valence-electron chi connectivity index (χ4n) is 2.65. The largest absolute Gasteiger partial charge is 0.508 e. The quantitative estimate of drug-likeness (QED) is 0.861. The summed E-state index contributed by atoms with van der Waals surface area (Å²) in [7, 11) is 0. The summed E-state index contributed by atoms with van der Waals surface area (Å²) in [5.74, 6) is 0.439. The number of phenols is 1. The van der Waals surface area contributed by atoms with Crippen molar-refractivity contribution in [2.24, 2.45) is 0 Å². The zero-order valence-corrected chi connectivity index (χ0v) is 10.9. The molecule has 3 heteroatoms. The van der Waals surface area contributed by atoms with Crippen LogP contribution in [0.4, 0.5) is 0 Å². The Bertz CT molecular complexity index is 342. The lowest BCUT2D eigenvalue weighted by Gasteiger charge is -2.25. The third-order valence-electron chi connectivity index (χ3n) is 3.76. The molecule has 0 saturated carbocycles. The molecule has 1 heterocycles. The van der Waals surface area contributed by atoms with Crippen molar-refractivity contribution >= 4 is 0 Å². The predicted molar refractivity (Wildman–Crippen MR) is 72.8 cm³/mol. The second-order valence-electron chi connectivity index (χ2n) is 5.19. The second-order valence-corrected chi connectivity index (χ2v) is 5.19. The van der Waals surface area contributed by atoms with Crippen molar-refractivity contribution in [3.05, 3.63) is 29.8 Å². The van der Waals surface area contributed by atoms with Crippen molar-refractivity contribution < 1.29 is 10.2 Å². The number of hydrogen-bond acceptors (Lipinski definition) is 3. The third-order valence-corrected chi connectivity index (χ3v) is 3.76. The molecule has 0 aromatic heterocycles. The molecule has 2 rings (SSSR count). The van der Waals surface area contributed by atoms with Crippen LogP contribution < -0.4 is 0 Å². The zero-order chi connectivity index (χ0) is 12.8. The SMILES string of the molecule is OCC(CN1CCCCCC1)c1ccc(O)cc1. The first kappa shape index (κ1) is 13.4. The average molecular weight is 249 g/mol. The minimum atomic E-state index is 0.156. The van der Waals surface area contributed by atoms with Gasteiger partial charge in [0.1, 0.15) is 5.75 Å². The van der Waals surface area contributed by atoms with Crippen LogP contribution in [0.15, 0.2) is 24.3 Å². The Morgan fingerprint density at radius 3 is 2.17 bits per heavy atom. The van der Waals surface area contributed by atoms with E-state index in [0.717, 1.165) is 25.2 Å². The lowest BCUT2D eigenvalue weighted by atomic mass is 9.99. The first-order valence-electron chi connectivity index (χ1n) is 6.92. The molecule has 1 fully saturated rings. The molecule has 100 valence electrons. The van der Waals surface area contributed by atoms with Crippen LogP contribution >= 0.6 is 0 Å². The van der Waals surface area contributed by atoms with Gasteiger partial charge in [0.05, 0.1) is 6.61 Å². The maximum Gasteiger partial charge on any atom is 0.115 e. The molecule has 18 heavy (non-hydrogen) atoms. The second kappa shape index (κ2) is 6.76. The summed E-state index contributed by atoms with van der Waals surface area (Å²) in [5, 5.41) is 18.9. The highest BCUT2D eigenvalue weighted by Crippen LogP contribution is 2.21. The number of aliphatic hydroxyl groups excluding tert-OH is 1. The average Bonchev–Trinajstić information content (AvgIpc) is 2.66. The Morgan fingerprint density at radius 2 is 1.61 bits per heavy atom. The highest BCUT2D eigenvalue weighted by molar-refractivity contribution is 5.28. The molecule has 1 saturated heterocycles. The van der Waals surface area contributed by atoms with Crippen LogP contribution in [0.3, 0.4) is 0 Å². The molecule has 0 bridgehead atoms. The van der Waals surface area contributed by atoms with Gasteiger partial charge in [-0.25, -0.2) is 0 Å². The first-order chi connectivity index (χ1) is 8.79. The van der Waals surface area contributed by atoms with Gasteiger partial charge in [-0.1, -0.05) is 25.0 Å². The van der Waals surface area contributed by atoms with E-state index in [-0.39, 0.29) is 18.3 Å². The van der Waals surface area contributed by atoms with Crippen molar-refractivity contribution in [1.29, 1.82) is 0 Å². The first-order valence-corrected chi connectivity index (χ1v) is 6.92. The van der Waals surface area contributed by atoms with Gasteiger partial charge in [0.15, 0.2) is 0 Å². The lowest BCUT2D eigenvalue weighted by molar-refractivity contribution is 0.203. The Kier molecular flexibility index (Phi) is 5.02. The monoisotopic (exact) mass is 249 g/mol. The molecule has 0 amide bonds. The number of rotatable bonds is 4. The predicted octanol–water partition coefficient (Wildman–Crippen LogP) is 2.34. The fourth-order valence-corrected chi connectivity index (χ4v) is 2.65. The van der Waals surface area contributed by atoms with Gasteiger partial charge in [-0.3, -0.25) is 0 Å². The third kappa shape index (κ3) is 3.72. The zero-order valence-electron chi connectivity index (χ0n) is 10.9. The van der Waals surface area contributed by atoms with Crippen LogP contribution in [0.1, 0.15) is 37.2 Å². The molecule has 1 aliphatic rings. The van der Waals surface area contributed by atoms with E-state index in [1.165, 1.54) is 25.7 Å². The Hall–Kier alpha value is -1.06. The standard InChI is InChI=1S/C15H23NO2/c17-12-14(13-5-7-15(18)8-6-13)11-16-9-3-1-2-4-10-16/h5-8,14,17-18H,1-4,9-12H2. The maximum atomic E-state index is 9.56. The Balaban J connectivity index is 1.97. The van der Waals surface area contributed by atoms with Crippen molar-refractivity contribution in [2.75, 3.05) is 26.2 Å². The van der Waals surface area contributed by atoms with Gasteiger partial charge < -0.3 is 15.1 Å². The van der Waals surface area contributed by atoms with E-state index < -0.39 is 0 Å². The van der Waals surface area contributed by atoms with Gasteiger partial charge in [0.2, 0.25) is 0 Å². The van der Waals surface area contributed by atoms with Gasteiger partial charge in [-0.15, -0.1) is 0 Å². The van der Waals surface area contributed by atoms with Crippen molar-refractivity contribution in [1.82, 2.24) is 4.90 Å².